The molecule has 1 heterocycles. The fourth-order valence-electron chi connectivity index (χ4n) is 2.96. The van der Waals surface area contributed by atoms with Crippen LogP contribution in [-0.2, 0) is 19.4 Å². The zero-order valence-electron chi connectivity index (χ0n) is 15.0. The van der Waals surface area contributed by atoms with Crippen molar-refractivity contribution in [2.24, 2.45) is 0 Å². The van der Waals surface area contributed by atoms with Gasteiger partial charge in [-0.3, -0.25) is 14.9 Å². The Bertz CT molecular complexity index is 869. The smallest absolute Gasteiger partial charge is 0.341 e. The van der Waals surface area contributed by atoms with E-state index >= 15 is 0 Å². The molecule has 0 bridgehead atoms. The summed E-state index contributed by atoms with van der Waals surface area (Å²) >= 11 is 0. The van der Waals surface area contributed by atoms with E-state index < -0.39 is 38.8 Å². The normalized spacial score (nSPS) is 19.3. The lowest BCUT2D eigenvalue weighted by atomic mass is 10.1. The topological polar surface area (TPSA) is 150 Å². The lowest BCUT2D eigenvalue weighted by Crippen LogP contribution is -2.46. The number of ether oxygens (including phenoxy) is 1. The van der Waals surface area contributed by atoms with Crippen molar-refractivity contribution in [2.45, 2.75) is 32.4 Å². The Morgan fingerprint density at radius 3 is 2.63 bits per heavy atom. The van der Waals surface area contributed by atoms with E-state index in [1.165, 1.54) is 17.9 Å². The number of nitrogen functional groups attached to an aromatic ring is 1. The van der Waals surface area contributed by atoms with Gasteiger partial charge in [0.25, 0.3) is 11.6 Å². The molecule has 1 aromatic carbocycles. The summed E-state index contributed by atoms with van der Waals surface area (Å²) in [5.74, 6) is -1.60. The summed E-state index contributed by atoms with van der Waals surface area (Å²) in [7, 11) is -3.18. The number of amides is 1. The van der Waals surface area contributed by atoms with E-state index in [9.17, 15) is 28.1 Å². The summed E-state index contributed by atoms with van der Waals surface area (Å²) in [4.78, 5) is 36.5. The molecule has 0 aliphatic carbocycles. The molecule has 0 saturated carbocycles. The Morgan fingerprint density at radius 2 is 2.11 bits per heavy atom. The highest BCUT2D eigenvalue weighted by Gasteiger charge is 2.36. The summed E-state index contributed by atoms with van der Waals surface area (Å²) in [5, 5.41) is 10.8. The van der Waals surface area contributed by atoms with Crippen LogP contribution in [0.15, 0.2) is 18.2 Å². The van der Waals surface area contributed by atoms with Crippen LogP contribution in [0.4, 0.5) is 11.4 Å². The molecule has 0 aromatic heterocycles. The van der Waals surface area contributed by atoms with E-state index in [2.05, 4.69) is 0 Å². The predicted octanol–water partition coefficient (Wildman–Crippen LogP) is 0.758. The van der Waals surface area contributed by atoms with Crippen LogP contribution in [0.3, 0.4) is 0 Å². The molecular weight excluding hydrogens is 378 g/mol. The minimum atomic E-state index is -3.18. The third-order valence-corrected chi connectivity index (χ3v) is 6.12. The Hall–Kier alpha value is -2.69. The SMILES string of the molecule is CCN(C(=O)C(C)OC(=O)c1cc([N+](=O)[O-])ccc1N)C1CCS(=O)(=O)C1. The standard InChI is InChI=1S/C16H21N3O7S/c1-3-18(12-6-7-27(24,25)9-12)15(20)10(2)26-16(21)13-8-11(19(22)23)4-5-14(13)17/h4-5,8,10,12H,3,6-7,9,17H2,1-2H3. The van der Waals surface area contributed by atoms with Gasteiger partial charge < -0.3 is 15.4 Å². The number of nitro groups is 1. The maximum Gasteiger partial charge on any atom is 0.341 e. The zero-order valence-corrected chi connectivity index (χ0v) is 15.8. The van der Waals surface area contributed by atoms with Gasteiger partial charge in [-0.15, -0.1) is 0 Å². The van der Waals surface area contributed by atoms with E-state index in [-0.39, 0.29) is 35.0 Å². The number of carbonyl (C=O) groups is 2. The average molecular weight is 399 g/mol. The second-order valence-corrected chi connectivity index (χ2v) is 8.49. The number of nitrogens with two attached hydrogens (primary N) is 1. The first-order chi connectivity index (χ1) is 12.6. The second kappa shape index (κ2) is 7.91. The summed E-state index contributed by atoms with van der Waals surface area (Å²) in [6, 6.07) is 2.88. The molecule has 2 unspecified atom stereocenters. The first kappa shape index (κ1) is 20.6. The van der Waals surface area contributed by atoms with Gasteiger partial charge in [-0.2, -0.15) is 0 Å². The lowest BCUT2D eigenvalue weighted by molar-refractivity contribution is -0.384. The number of hydrogen-bond donors (Lipinski definition) is 1. The van der Waals surface area contributed by atoms with Crippen molar-refractivity contribution in [1.82, 2.24) is 4.90 Å². The molecule has 2 N–H and O–H groups in total. The number of anilines is 1. The van der Waals surface area contributed by atoms with Crippen LogP contribution in [0.25, 0.3) is 0 Å². The minimum Gasteiger partial charge on any atom is -0.449 e. The van der Waals surface area contributed by atoms with Crippen molar-refractivity contribution in [2.75, 3.05) is 23.8 Å². The van der Waals surface area contributed by atoms with Crippen LogP contribution in [-0.4, -0.2) is 60.3 Å². The third-order valence-electron chi connectivity index (χ3n) is 4.37. The Balaban J connectivity index is 2.12. The van der Waals surface area contributed by atoms with Crippen molar-refractivity contribution < 1.29 is 27.7 Å². The number of sulfone groups is 1. The van der Waals surface area contributed by atoms with Crippen LogP contribution in [0, 0.1) is 10.1 Å². The fraction of sp³-hybridized carbons (Fsp3) is 0.500. The molecule has 1 saturated heterocycles. The van der Waals surface area contributed by atoms with Crippen LogP contribution >= 0.6 is 0 Å². The minimum absolute atomic E-state index is 0.0137. The monoisotopic (exact) mass is 399 g/mol. The van der Waals surface area contributed by atoms with E-state index in [0.29, 0.717) is 6.42 Å². The Kier molecular flexibility index (Phi) is 6.04. The van der Waals surface area contributed by atoms with Gasteiger partial charge in [0.1, 0.15) is 0 Å². The maximum absolute atomic E-state index is 12.6. The molecule has 1 fully saturated rings. The van der Waals surface area contributed by atoms with E-state index in [1.807, 2.05) is 0 Å². The van der Waals surface area contributed by atoms with Gasteiger partial charge in [-0.1, -0.05) is 0 Å². The molecule has 1 aliphatic rings. The highest BCUT2D eigenvalue weighted by molar-refractivity contribution is 7.91. The van der Waals surface area contributed by atoms with Crippen LogP contribution in [0.2, 0.25) is 0 Å². The Labute approximate surface area is 156 Å². The van der Waals surface area contributed by atoms with Crippen molar-refractivity contribution in [3.8, 4) is 0 Å². The summed E-state index contributed by atoms with van der Waals surface area (Å²) in [5.41, 5.74) is 5.11. The van der Waals surface area contributed by atoms with Crippen molar-refractivity contribution in [1.29, 1.82) is 0 Å². The van der Waals surface area contributed by atoms with E-state index in [0.717, 1.165) is 12.1 Å². The number of nitrogens with zero attached hydrogens (tertiary/aromatic N) is 2. The number of esters is 1. The van der Waals surface area contributed by atoms with Crippen molar-refractivity contribution >= 4 is 33.1 Å². The second-order valence-electron chi connectivity index (χ2n) is 6.26. The molecule has 0 radical (unpaired) electrons. The molecule has 1 aromatic rings. The molecule has 1 aliphatic heterocycles. The molecule has 27 heavy (non-hydrogen) atoms. The third kappa shape index (κ3) is 4.73. The molecule has 10 nitrogen and oxygen atoms in total. The van der Waals surface area contributed by atoms with Gasteiger partial charge in [0.15, 0.2) is 15.9 Å². The molecule has 2 atom stereocenters. The number of rotatable bonds is 6. The van der Waals surface area contributed by atoms with Crippen LogP contribution < -0.4 is 5.73 Å². The first-order valence-corrected chi connectivity index (χ1v) is 10.1. The van der Waals surface area contributed by atoms with Gasteiger partial charge >= 0.3 is 5.97 Å². The molecule has 1 amide bonds. The van der Waals surface area contributed by atoms with Crippen LogP contribution in [0.1, 0.15) is 30.6 Å². The summed E-state index contributed by atoms with van der Waals surface area (Å²) in [6.45, 7) is 3.33. The summed E-state index contributed by atoms with van der Waals surface area (Å²) in [6.07, 6.45) is -0.861. The number of likely N-dealkylation sites (N-methyl/N-ethyl adjacent to an activating group) is 1. The quantitative estimate of drug-likeness (QED) is 0.319. The van der Waals surface area contributed by atoms with Gasteiger partial charge in [-0.05, 0) is 26.3 Å². The molecule has 0 spiro atoms. The predicted molar refractivity (Wildman–Crippen MR) is 96.8 cm³/mol. The zero-order chi connectivity index (χ0) is 20.4. The van der Waals surface area contributed by atoms with Crippen molar-refractivity contribution in [3.05, 3.63) is 33.9 Å². The molecule has 148 valence electrons. The van der Waals surface area contributed by atoms with Gasteiger partial charge in [0.05, 0.1) is 22.0 Å². The van der Waals surface area contributed by atoms with Gasteiger partial charge in [0.2, 0.25) is 0 Å². The number of benzene rings is 1. The van der Waals surface area contributed by atoms with Gasteiger partial charge in [-0.25, -0.2) is 13.2 Å². The Morgan fingerprint density at radius 1 is 1.44 bits per heavy atom. The number of nitro benzene ring substituents is 1. The van der Waals surface area contributed by atoms with E-state index in [4.69, 9.17) is 10.5 Å². The molecule has 2 rings (SSSR count). The van der Waals surface area contributed by atoms with Gasteiger partial charge in [0, 0.05) is 30.4 Å². The first-order valence-electron chi connectivity index (χ1n) is 8.31. The summed E-state index contributed by atoms with van der Waals surface area (Å²) < 4.78 is 28.4. The largest absolute Gasteiger partial charge is 0.449 e. The number of hydrogen-bond acceptors (Lipinski definition) is 8. The highest BCUT2D eigenvalue weighted by Crippen LogP contribution is 2.22. The van der Waals surface area contributed by atoms with Crippen molar-refractivity contribution in [3.63, 3.8) is 0 Å². The fourth-order valence-corrected chi connectivity index (χ4v) is 4.69. The number of carbonyl (C=O) groups excluding carboxylic acids is 2. The molecular formula is C16H21N3O7S. The highest BCUT2D eigenvalue weighted by atomic mass is 32.2. The van der Waals surface area contributed by atoms with Crippen LogP contribution in [0.5, 0.6) is 0 Å². The maximum atomic E-state index is 12.6. The van der Waals surface area contributed by atoms with E-state index in [1.54, 1.807) is 6.92 Å². The number of non-ortho nitro benzene ring substituents is 1. The average Bonchev–Trinajstić information content (AvgIpc) is 2.95. The molecule has 11 heteroatoms. The lowest BCUT2D eigenvalue weighted by Gasteiger charge is -2.29.